The van der Waals surface area contributed by atoms with Crippen molar-refractivity contribution in [3.05, 3.63) is 12.5 Å². The molecule has 1 aliphatic rings. The molecule has 9 heavy (non-hydrogen) atoms. The molecule has 1 aromatic heterocycles. The van der Waals surface area contributed by atoms with Crippen molar-refractivity contribution < 1.29 is 9.97 Å². The van der Waals surface area contributed by atoms with Gasteiger partial charge < -0.3 is 10.6 Å². The van der Waals surface area contributed by atoms with Crippen molar-refractivity contribution in [3.63, 3.8) is 0 Å². The number of hydrogen-bond acceptors (Lipinski definition) is 2. The number of aromatic nitrogens is 2. The first-order valence-corrected chi connectivity index (χ1v) is 2.86. The Morgan fingerprint density at radius 3 is 3.33 bits per heavy atom. The summed E-state index contributed by atoms with van der Waals surface area (Å²) in [6.07, 6.45) is 3.69. The van der Waals surface area contributed by atoms with E-state index in [4.69, 9.17) is 0 Å². The van der Waals surface area contributed by atoms with Gasteiger partial charge in [-0.3, -0.25) is 0 Å². The second-order valence-electron chi connectivity index (χ2n) is 1.92. The van der Waals surface area contributed by atoms with Gasteiger partial charge in [-0.2, -0.15) is 4.98 Å². The van der Waals surface area contributed by atoms with Gasteiger partial charge in [-0.15, -0.1) is 4.98 Å². The van der Waals surface area contributed by atoms with Crippen LogP contribution >= 0.6 is 0 Å². The van der Waals surface area contributed by atoms with Gasteiger partial charge in [0.05, 0.1) is 6.67 Å². The molecule has 2 rings (SSSR count). The van der Waals surface area contributed by atoms with Gasteiger partial charge in [0.25, 0.3) is 0 Å². The van der Waals surface area contributed by atoms with Gasteiger partial charge in [0.1, 0.15) is 0 Å². The normalized spacial score (nSPS) is 13.8. The fraction of sp³-hybridized carbons (Fsp3) is 0.200. The number of fused-ring (bicyclic) bond motifs is 1. The van der Waals surface area contributed by atoms with Crippen LogP contribution in [0.25, 0.3) is 0 Å². The largest absolute Gasteiger partial charge is 0.405 e. The molecule has 0 fully saturated rings. The summed E-state index contributed by atoms with van der Waals surface area (Å²) in [4.78, 5) is 5.95. The lowest BCUT2D eigenvalue weighted by molar-refractivity contribution is -0.521. The predicted octanol–water partition coefficient (Wildman–Crippen LogP) is -0.890. The third-order valence-electron chi connectivity index (χ3n) is 1.34. The van der Waals surface area contributed by atoms with E-state index in [9.17, 15) is 0 Å². The molecule has 0 saturated carbocycles. The van der Waals surface area contributed by atoms with Gasteiger partial charge in [0.15, 0.2) is 5.69 Å². The van der Waals surface area contributed by atoms with Crippen molar-refractivity contribution in [1.29, 1.82) is 0 Å². The minimum atomic E-state index is 0.809. The molecule has 1 aromatic rings. The maximum atomic E-state index is 3.13. The van der Waals surface area contributed by atoms with E-state index in [2.05, 4.69) is 20.6 Å². The molecule has 0 aromatic carbocycles. The molecule has 0 saturated heterocycles. The van der Waals surface area contributed by atoms with E-state index in [1.807, 2.05) is 6.20 Å². The van der Waals surface area contributed by atoms with Gasteiger partial charge >= 0.3 is 12.1 Å². The number of hydrogen-bond donors (Lipinski definition) is 2. The Kier molecular flexibility index (Phi) is 0.798. The van der Waals surface area contributed by atoms with Crippen LogP contribution < -0.4 is 20.6 Å². The highest BCUT2D eigenvalue weighted by Crippen LogP contribution is 2.15. The third-order valence-corrected chi connectivity index (χ3v) is 1.34. The molecule has 1 aliphatic heterocycles. The molecular weight excluding hydrogens is 116 g/mol. The maximum Gasteiger partial charge on any atom is 0.405 e. The van der Waals surface area contributed by atoms with Gasteiger partial charge in [0, 0.05) is 0 Å². The van der Waals surface area contributed by atoms with E-state index in [1.54, 1.807) is 6.33 Å². The number of aromatic amines is 2. The lowest BCUT2D eigenvalue weighted by Crippen LogP contribution is -2.16. The standard InChI is InChI=1S/C5H6N4/c1-4-5(8-2-6-1)9-3-7-4/h1-2,7H,3H2,(H,6,8,9)/p+2. The quantitative estimate of drug-likeness (QED) is 0.471. The number of H-pyrrole nitrogens is 2. The second-order valence-corrected chi connectivity index (χ2v) is 1.92. The highest BCUT2D eigenvalue weighted by atomic mass is 15.2. The molecule has 0 spiro atoms. The van der Waals surface area contributed by atoms with Crippen molar-refractivity contribution >= 4 is 11.5 Å². The highest BCUT2D eigenvalue weighted by molar-refractivity contribution is 5.63. The Morgan fingerprint density at radius 1 is 1.44 bits per heavy atom. The summed E-state index contributed by atoms with van der Waals surface area (Å²) in [5.41, 5.74) is 1.09. The Bertz CT molecular complexity index is 199. The summed E-state index contributed by atoms with van der Waals surface area (Å²) >= 11 is 0. The van der Waals surface area contributed by atoms with Crippen LogP contribution in [0.1, 0.15) is 0 Å². The molecule has 0 amide bonds. The zero-order chi connectivity index (χ0) is 6.10. The third kappa shape index (κ3) is 0.595. The van der Waals surface area contributed by atoms with Crippen LogP contribution in [0.4, 0.5) is 11.5 Å². The Labute approximate surface area is 52.3 Å². The molecule has 4 heteroatoms. The molecule has 0 radical (unpaired) electrons. The monoisotopic (exact) mass is 124 g/mol. The van der Waals surface area contributed by atoms with Crippen LogP contribution in [-0.2, 0) is 0 Å². The molecule has 4 nitrogen and oxygen atoms in total. The molecule has 0 unspecified atom stereocenters. The van der Waals surface area contributed by atoms with Crippen molar-refractivity contribution in [2.75, 3.05) is 17.3 Å². The van der Waals surface area contributed by atoms with E-state index in [1.165, 1.54) is 0 Å². The van der Waals surface area contributed by atoms with E-state index in [0.717, 1.165) is 18.2 Å². The molecule has 46 valence electrons. The van der Waals surface area contributed by atoms with Crippen LogP contribution in [0.15, 0.2) is 12.5 Å². The molecule has 4 N–H and O–H groups in total. The van der Waals surface area contributed by atoms with E-state index in [0.29, 0.717) is 0 Å². The summed E-state index contributed by atoms with van der Waals surface area (Å²) in [7, 11) is 0. The topological polar surface area (TPSA) is 52.3 Å². The highest BCUT2D eigenvalue weighted by Gasteiger charge is 2.16. The summed E-state index contributed by atoms with van der Waals surface area (Å²) in [5.74, 6) is 1.05. The zero-order valence-corrected chi connectivity index (χ0v) is 4.86. The Morgan fingerprint density at radius 2 is 2.44 bits per heavy atom. The molecule has 0 atom stereocenters. The van der Waals surface area contributed by atoms with Crippen LogP contribution in [0.5, 0.6) is 0 Å². The van der Waals surface area contributed by atoms with Gasteiger partial charge in [-0.25, -0.2) is 0 Å². The van der Waals surface area contributed by atoms with Crippen LogP contribution in [0.2, 0.25) is 0 Å². The van der Waals surface area contributed by atoms with Crippen molar-refractivity contribution in [3.8, 4) is 0 Å². The summed E-state index contributed by atoms with van der Waals surface area (Å²) in [6, 6.07) is 0. The fourth-order valence-electron chi connectivity index (χ4n) is 0.902. The summed E-state index contributed by atoms with van der Waals surface area (Å²) in [6.45, 7) is 0.809. The molecule has 0 bridgehead atoms. The molecular formula is C5H8N4+2. The van der Waals surface area contributed by atoms with E-state index < -0.39 is 0 Å². The van der Waals surface area contributed by atoms with Crippen LogP contribution in [-0.4, -0.2) is 6.67 Å². The van der Waals surface area contributed by atoms with Crippen molar-refractivity contribution in [2.45, 2.75) is 0 Å². The first-order chi connectivity index (χ1) is 4.47. The minimum absolute atomic E-state index is 0.809. The van der Waals surface area contributed by atoms with Crippen molar-refractivity contribution in [1.82, 2.24) is 0 Å². The first kappa shape index (κ1) is 4.55. The molecule has 2 heterocycles. The minimum Gasteiger partial charge on any atom is -0.356 e. The number of anilines is 2. The van der Waals surface area contributed by atoms with Crippen LogP contribution in [0, 0.1) is 0 Å². The average molecular weight is 124 g/mol. The summed E-state index contributed by atoms with van der Waals surface area (Å²) < 4.78 is 0. The molecule has 0 aliphatic carbocycles. The first-order valence-electron chi connectivity index (χ1n) is 2.86. The number of rotatable bonds is 0. The SMILES string of the molecule is c1[nH+]cc2c([nH+]1)NCN2. The maximum absolute atomic E-state index is 3.13. The van der Waals surface area contributed by atoms with Gasteiger partial charge in [-0.05, 0) is 0 Å². The Hall–Kier alpha value is -1.32. The van der Waals surface area contributed by atoms with E-state index in [-0.39, 0.29) is 0 Å². The Balaban J connectivity index is 2.54. The van der Waals surface area contributed by atoms with Crippen LogP contribution in [0.3, 0.4) is 0 Å². The fourth-order valence-corrected chi connectivity index (χ4v) is 0.902. The average Bonchev–Trinajstić information content (AvgIpc) is 2.33. The lowest BCUT2D eigenvalue weighted by atomic mass is 10.5. The van der Waals surface area contributed by atoms with Gasteiger partial charge in [0.2, 0.25) is 6.20 Å². The lowest BCUT2D eigenvalue weighted by Gasteiger charge is -1.81. The van der Waals surface area contributed by atoms with E-state index >= 15 is 0 Å². The number of nitrogens with one attached hydrogen (secondary N) is 4. The zero-order valence-electron chi connectivity index (χ0n) is 4.86. The van der Waals surface area contributed by atoms with Gasteiger partial charge in [-0.1, -0.05) is 0 Å². The summed E-state index contributed by atoms with van der Waals surface area (Å²) in [5, 5.41) is 6.24. The predicted molar refractivity (Wildman–Crippen MR) is 31.7 cm³/mol. The van der Waals surface area contributed by atoms with Crippen molar-refractivity contribution in [2.24, 2.45) is 0 Å². The smallest absolute Gasteiger partial charge is 0.356 e. The second kappa shape index (κ2) is 1.58.